The molecule has 122 valence electrons. The van der Waals surface area contributed by atoms with Crippen molar-refractivity contribution in [1.82, 2.24) is 9.55 Å². The predicted octanol–water partition coefficient (Wildman–Crippen LogP) is 3.20. The van der Waals surface area contributed by atoms with E-state index in [1.54, 1.807) is 18.3 Å². The van der Waals surface area contributed by atoms with Crippen LogP contribution in [-0.2, 0) is 17.3 Å². The molecule has 0 bridgehead atoms. The van der Waals surface area contributed by atoms with Crippen molar-refractivity contribution in [3.05, 3.63) is 53.6 Å². The van der Waals surface area contributed by atoms with E-state index < -0.39 is 5.41 Å². The number of aromatic nitrogens is 2. The molecule has 0 aliphatic heterocycles. The Hall–Kier alpha value is -2.69. The quantitative estimate of drug-likeness (QED) is 0.804. The molecule has 0 saturated heterocycles. The largest absolute Gasteiger partial charge is 0.369 e. The summed E-state index contributed by atoms with van der Waals surface area (Å²) in [7, 11) is 1.93. The zero-order valence-electron chi connectivity index (χ0n) is 13.6. The summed E-state index contributed by atoms with van der Waals surface area (Å²) in [5.74, 6) is -0.572. The first-order chi connectivity index (χ1) is 11.4. The maximum atomic E-state index is 13.7. The number of amides is 1. The van der Waals surface area contributed by atoms with E-state index in [0.717, 1.165) is 46.3 Å². The van der Waals surface area contributed by atoms with Crippen molar-refractivity contribution in [2.24, 2.45) is 12.8 Å². The highest BCUT2D eigenvalue weighted by molar-refractivity contribution is 5.92. The minimum absolute atomic E-state index is 0.259. The summed E-state index contributed by atoms with van der Waals surface area (Å²) in [6.07, 6.45) is 3.28. The van der Waals surface area contributed by atoms with Crippen molar-refractivity contribution < 1.29 is 9.18 Å². The minimum Gasteiger partial charge on any atom is -0.369 e. The molecule has 1 fully saturated rings. The molecular formula is C19H18FN3O. The van der Waals surface area contributed by atoms with Crippen LogP contribution in [0.15, 0.2) is 36.5 Å². The number of benzene rings is 1. The summed E-state index contributed by atoms with van der Waals surface area (Å²) in [4.78, 5) is 16.2. The second-order valence-electron chi connectivity index (χ2n) is 6.62. The van der Waals surface area contributed by atoms with Crippen LogP contribution in [0.3, 0.4) is 0 Å². The van der Waals surface area contributed by atoms with E-state index in [1.165, 1.54) is 6.07 Å². The third-order valence-corrected chi connectivity index (χ3v) is 5.12. The van der Waals surface area contributed by atoms with Crippen LogP contribution in [0.1, 0.15) is 24.1 Å². The van der Waals surface area contributed by atoms with Crippen LogP contribution in [0.5, 0.6) is 0 Å². The number of nitrogens with two attached hydrogens (primary N) is 1. The molecule has 3 aromatic rings. The number of hydrogen-bond donors (Lipinski definition) is 1. The van der Waals surface area contributed by atoms with Gasteiger partial charge in [-0.3, -0.25) is 9.78 Å². The average Bonchev–Trinajstić information content (AvgIpc) is 3.31. The lowest BCUT2D eigenvalue weighted by molar-refractivity contribution is -0.120. The van der Waals surface area contributed by atoms with Crippen LogP contribution in [-0.4, -0.2) is 15.5 Å². The van der Waals surface area contributed by atoms with Crippen molar-refractivity contribution in [3.63, 3.8) is 0 Å². The molecule has 2 N–H and O–H groups in total. The Kier molecular flexibility index (Phi) is 3.04. The molecule has 1 amide bonds. The number of carbonyl (C=O) groups is 1. The molecule has 1 saturated carbocycles. The summed E-state index contributed by atoms with van der Waals surface area (Å²) in [6.45, 7) is 1.96. The van der Waals surface area contributed by atoms with Gasteiger partial charge in [0.05, 0.1) is 22.8 Å². The summed E-state index contributed by atoms with van der Waals surface area (Å²) in [5.41, 5.74) is 9.40. The third-order valence-electron chi connectivity index (χ3n) is 5.12. The van der Waals surface area contributed by atoms with E-state index in [0.29, 0.717) is 0 Å². The number of halogens is 1. The van der Waals surface area contributed by atoms with Crippen molar-refractivity contribution in [2.75, 3.05) is 0 Å². The first kappa shape index (κ1) is 14.9. The Balaban J connectivity index is 1.89. The van der Waals surface area contributed by atoms with Gasteiger partial charge in [0.1, 0.15) is 5.82 Å². The first-order valence-electron chi connectivity index (χ1n) is 7.95. The second-order valence-corrected chi connectivity index (χ2v) is 6.62. The molecule has 0 unspecified atom stereocenters. The maximum Gasteiger partial charge on any atom is 0.229 e. The van der Waals surface area contributed by atoms with Crippen molar-refractivity contribution in [1.29, 1.82) is 0 Å². The minimum atomic E-state index is -0.598. The van der Waals surface area contributed by atoms with Crippen LogP contribution < -0.4 is 5.73 Å². The van der Waals surface area contributed by atoms with E-state index in [4.69, 9.17) is 5.73 Å². The SMILES string of the molecule is Cc1ccc(F)cc1-c1cc2cc(C3(C(N)=O)CC3)ncc2n1C. The van der Waals surface area contributed by atoms with Gasteiger partial charge in [-0.2, -0.15) is 0 Å². The van der Waals surface area contributed by atoms with Gasteiger partial charge < -0.3 is 10.3 Å². The van der Waals surface area contributed by atoms with E-state index in [9.17, 15) is 9.18 Å². The van der Waals surface area contributed by atoms with Crippen LogP contribution in [0.25, 0.3) is 22.2 Å². The number of hydrogen-bond acceptors (Lipinski definition) is 2. The van der Waals surface area contributed by atoms with Gasteiger partial charge in [0, 0.05) is 23.7 Å². The predicted molar refractivity (Wildman–Crippen MR) is 91.0 cm³/mol. The molecule has 1 aliphatic rings. The van der Waals surface area contributed by atoms with Gasteiger partial charge >= 0.3 is 0 Å². The molecule has 5 heteroatoms. The summed E-state index contributed by atoms with van der Waals surface area (Å²) in [6, 6.07) is 8.73. The Morgan fingerprint density at radius 2 is 2.04 bits per heavy atom. The molecule has 2 heterocycles. The fourth-order valence-electron chi connectivity index (χ4n) is 3.38. The highest BCUT2D eigenvalue weighted by Gasteiger charge is 2.51. The van der Waals surface area contributed by atoms with E-state index >= 15 is 0 Å². The topological polar surface area (TPSA) is 60.9 Å². The van der Waals surface area contributed by atoms with Crippen LogP contribution in [0.4, 0.5) is 4.39 Å². The van der Waals surface area contributed by atoms with Gasteiger partial charge in [-0.15, -0.1) is 0 Å². The van der Waals surface area contributed by atoms with E-state index in [2.05, 4.69) is 4.98 Å². The number of rotatable bonds is 3. The Bertz CT molecular complexity index is 986. The summed E-state index contributed by atoms with van der Waals surface area (Å²) in [5, 5.41) is 0.980. The number of aryl methyl sites for hydroxylation is 2. The molecular weight excluding hydrogens is 305 g/mol. The second kappa shape index (κ2) is 4.90. The lowest BCUT2D eigenvalue weighted by atomic mass is 10.00. The standard InChI is InChI=1S/C19H18FN3O/c1-11-3-4-13(20)9-14(11)15-7-12-8-17(19(5-6-19)18(21)24)22-10-16(12)23(15)2/h3-4,7-10H,5-6H2,1-2H3,(H2,21,24). The van der Waals surface area contributed by atoms with E-state index in [1.807, 2.05) is 30.7 Å². The van der Waals surface area contributed by atoms with Gasteiger partial charge in [-0.25, -0.2) is 4.39 Å². The van der Waals surface area contributed by atoms with E-state index in [-0.39, 0.29) is 11.7 Å². The summed E-state index contributed by atoms with van der Waals surface area (Å²) < 4.78 is 15.7. The maximum absolute atomic E-state index is 13.7. The molecule has 24 heavy (non-hydrogen) atoms. The third kappa shape index (κ3) is 2.04. The monoisotopic (exact) mass is 323 g/mol. The molecule has 4 nitrogen and oxygen atoms in total. The molecule has 2 aromatic heterocycles. The normalized spacial score (nSPS) is 15.6. The highest BCUT2D eigenvalue weighted by Crippen LogP contribution is 2.47. The Labute approximate surface area is 139 Å². The molecule has 4 rings (SSSR count). The number of fused-ring (bicyclic) bond motifs is 1. The van der Waals surface area contributed by atoms with Gasteiger partial charge in [-0.05, 0) is 49.6 Å². The molecule has 1 aliphatic carbocycles. The smallest absolute Gasteiger partial charge is 0.229 e. The van der Waals surface area contributed by atoms with Crippen molar-refractivity contribution in [3.8, 4) is 11.3 Å². The summed E-state index contributed by atoms with van der Waals surface area (Å²) >= 11 is 0. The fourth-order valence-corrected chi connectivity index (χ4v) is 3.38. The lowest BCUT2D eigenvalue weighted by Crippen LogP contribution is -2.29. The van der Waals surface area contributed by atoms with Gasteiger partial charge in [0.25, 0.3) is 0 Å². The van der Waals surface area contributed by atoms with Crippen LogP contribution in [0.2, 0.25) is 0 Å². The average molecular weight is 323 g/mol. The van der Waals surface area contributed by atoms with Crippen LogP contribution in [0, 0.1) is 12.7 Å². The first-order valence-corrected chi connectivity index (χ1v) is 7.95. The Morgan fingerprint density at radius 1 is 1.29 bits per heavy atom. The number of nitrogens with zero attached hydrogens (tertiary/aromatic N) is 2. The van der Waals surface area contributed by atoms with Gasteiger partial charge in [-0.1, -0.05) is 6.07 Å². The highest BCUT2D eigenvalue weighted by atomic mass is 19.1. The van der Waals surface area contributed by atoms with Gasteiger partial charge in [0.2, 0.25) is 5.91 Å². The fraction of sp³-hybridized carbons (Fsp3) is 0.263. The Morgan fingerprint density at radius 3 is 2.71 bits per heavy atom. The molecule has 1 aromatic carbocycles. The van der Waals surface area contributed by atoms with Crippen LogP contribution >= 0.6 is 0 Å². The number of primary amides is 1. The molecule has 0 radical (unpaired) electrons. The van der Waals surface area contributed by atoms with Gasteiger partial charge in [0.15, 0.2) is 0 Å². The zero-order valence-corrected chi connectivity index (χ0v) is 13.6. The molecule has 0 atom stereocenters. The molecule has 0 spiro atoms. The lowest BCUT2D eigenvalue weighted by Gasteiger charge is -2.10. The van der Waals surface area contributed by atoms with Crippen molar-refractivity contribution >= 4 is 16.8 Å². The number of carbonyl (C=O) groups excluding carboxylic acids is 1. The zero-order chi connectivity index (χ0) is 17.1. The van der Waals surface area contributed by atoms with Crippen molar-refractivity contribution in [2.45, 2.75) is 25.2 Å². The number of pyridine rings is 1.